The van der Waals surface area contributed by atoms with Gasteiger partial charge in [-0.05, 0) is 49.6 Å². The maximum atomic E-state index is 13.1. The number of esters is 1. The summed E-state index contributed by atoms with van der Waals surface area (Å²) in [7, 11) is -2.11. The standard InChI is InChI=1S/C23H25N3O6S/c1-16-9-10-18(14-20(16)33(28,29)26-11-4-3-5-12-26)23(27)31-15-21-24-22(25-32-21)17-7-6-8-19(13-17)30-2/h6-10,13-14H,3-5,11-12,15H2,1-2H3. The van der Waals surface area contributed by atoms with Gasteiger partial charge in [0.25, 0.3) is 5.89 Å². The van der Waals surface area contributed by atoms with Crippen molar-refractivity contribution in [2.45, 2.75) is 37.7 Å². The number of methoxy groups -OCH3 is 1. The van der Waals surface area contributed by atoms with Crippen LogP contribution in [0.1, 0.15) is 41.1 Å². The van der Waals surface area contributed by atoms with Crippen LogP contribution >= 0.6 is 0 Å². The van der Waals surface area contributed by atoms with Crippen molar-refractivity contribution in [2.24, 2.45) is 0 Å². The molecule has 0 N–H and O–H groups in total. The molecule has 0 amide bonds. The summed E-state index contributed by atoms with van der Waals surface area (Å²) < 4.78 is 43.3. The molecule has 1 aliphatic rings. The monoisotopic (exact) mass is 471 g/mol. The third kappa shape index (κ3) is 5.07. The van der Waals surface area contributed by atoms with Gasteiger partial charge in [-0.15, -0.1) is 0 Å². The lowest BCUT2D eigenvalue weighted by Crippen LogP contribution is -2.36. The van der Waals surface area contributed by atoms with Gasteiger partial charge in [-0.3, -0.25) is 0 Å². The Morgan fingerprint density at radius 3 is 2.67 bits per heavy atom. The minimum atomic E-state index is -3.67. The van der Waals surface area contributed by atoms with Crippen LogP contribution < -0.4 is 4.74 Å². The van der Waals surface area contributed by atoms with E-state index in [9.17, 15) is 13.2 Å². The number of sulfonamides is 1. The summed E-state index contributed by atoms with van der Waals surface area (Å²) in [5, 5.41) is 3.90. The zero-order chi connectivity index (χ0) is 23.4. The summed E-state index contributed by atoms with van der Waals surface area (Å²) in [4.78, 5) is 17.0. The van der Waals surface area contributed by atoms with Crippen molar-refractivity contribution in [1.82, 2.24) is 14.4 Å². The van der Waals surface area contributed by atoms with Crippen molar-refractivity contribution >= 4 is 16.0 Å². The van der Waals surface area contributed by atoms with Crippen LogP contribution in [0.2, 0.25) is 0 Å². The third-order valence-corrected chi connectivity index (χ3v) is 7.52. The fraction of sp³-hybridized carbons (Fsp3) is 0.348. The van der Waals surface area contributed by atoms with Gasteiger partial charge >= 0.3 is 5.97 Å². The molecule has 0 atom stereocenters. The molecule has 1 aliphatic heterocycles. The highest BCUT2D eigenvalue weighted by Gasteiger charge is 2.28. The molecule has 0 unspecified atom stereocenters. The maximum Gasteiger partial charge on any atom is 0.338 e. The molecule has 2 heterocycles. The van der Waals surface area contributed by atoms with E-state index >= 15 is 0 Å². The first kappa shape index (κ1) is 22.9. The lowest BCUT2D eigenvalue weighted by atomic mass is 10.1. The van der Waals surface area contributed by atoms with Crippen molar-refractivity contribution in [1.29, 1.82) is 0 Å². The van der Waals surface area contributed by atoms with E-state index in [1.165, 1.54) is 10.4 Å². The second-order valence-electron chi connectivity index (χ2n) is 7.76. The van der Waals surface area contributed by atoms with E-state index < -0.39 is 16.0 Å². The van der Waals surface area contributed by atoms with Gasteiger partial charge in [-0.1, -0.05) is 29.8 Å². The van der Waals surface area contributed by atoms with Crippen molar-refractivity contribution in [3.8, 4) is 17.1 Å². The average molecular weight is 472 g/mol. The number of piperidine rings is 1. The molecule has 2 aromatic carbocycles. The molecule has 10 heteroatoms. The maximum absolute atomic E-state index is 13.1. The van der Waals surface area contributed by atoms with Crippen LogP contribution in [-0.2, 0) is 21.4 Å². The zero-order valence-corrected chi connectivity index (χ0v) is 19.3. The highest BCUT2D eigenvalue weighted by atomic mass is 32.2. The third-order valence-electron chi connectivity index (χ3n) is 5.48. The lowest BCUT2D eigenvalue weighted by molar-refractivity contribution is 0.0429. The summed E-state index contributed by atoms with van der Waals surface area (Å²) >= 11 is 0. The van der Waals surface area contributed by atoms with Gasteiger partial charge in [-0.2, -0.15) is 9.29 Å². The number of rotatable bonds is 7. The largest absolute Gasteiger partial charge is 0.497 e. The molecule has 174 valence electrons. The van der Waals surface area contributed by atoms with E-state index in [2.05, 4.69) is 10.1 Å². The average Bonchev–Trinajstić information content (AvgIpc) is 3.32. The minimum Gasteiger partial charge on any atom is -0.497 e. The number of hydrogen-bond acceptors (Lipinski definition) is 8. The van der Waals surface area contributed by atoms with Crippen LogP contribution in [0.15, 0.2) is 51.9 Å². The van der Waals surface area contributed by atoms with Crippen molar-refractivity contribution in [3.05, 3.63) is 59.5 Å². The van der Waals surface area contributed by atoms with Crippen LogP contribution in [0.25, 0.3) is 11.4 Å². The Morgan fingerprint density at radius 2 is 1.91 bits per heavy atom. The first-order chi connectivity index (χ1) is 15.9. The van der Waals surface area contributed by atoms with Crippen LogP contribution in [0, 0.1) is 6.92 Å². The molecule has 1 saturated heterocycles. The van der Waals surface area contributed by atoms with Gasteiger partial charge in [0.1, 0.15) is 5.75 Å². The van der Waals surface area contributed by atoms with Gasteiger partial charge in [-0.25, -0.2) is 13.2 Å². The van der Waals surface area contributed by atoms with Crippen LogP contribution in [-0.4, -0.2) is 49.0 Å². The topological polar surface area (TPSA) is 112 Å². The summed E-state index contributed by atoms with van der Waals surface area (Å²) in [6.07, 6.45) is 2.69. The minimum absolute atomic E-state index is 0.120. The molecule has 33 heavy (non-hydrogen) atoms. The second kappa shape index (κ2) is 9.72. The van der Waals surface area contributed by atoms with E-state index in [0.717, 1.165) is 19.3 Å². The number of aromatic nitrogens is 2. The molecule has 0 aliphatic carbocycles. The SMILES string of the molecule is COc1cccc(-c2noc(COC(=O)c3ccc(C)c(S(=O)(=O)N4CCCCC4)c3)n2)c1. The number of nitrogens with zero attached hydrogens (tertiary/aromatic N) is 3. The predicted molar refractivity (Wildman–Crippen MR) is 119 cm³/mol. The fourth-order valence-electron chi connectivity index (χ4n) is 3.65. The first-order valence-electron chi connectivity index (χ1n) is 10.6. The normalized spacial score (nSPS) is 14.7. The highest BCUT2D eigenvalue weighted by molar-refractivity contribution is 7.89. The van der Waals surface area contributed by atoms with Gasteiger partial charge in [0.15, 0.2) is 6.61 Å². The summed E-state index contributed by atoms with van der Waals surface area (Å²) in [6, 6.07) is 11.7. The van der Waals surface area contributed by atoms with Crippen LogP contribution in [0.4, 0.5) is 0 Å². The van der Waals surface area contributed by atoms with Gasteiger partial charge in [0.05, 0.1) is 17.6 Å². The Hall–Kier alpha value is -3.24. The first-order valence-corrected chi connectivity index (χ1v) is 12.1. The summed E-state index contributed by atoms with van der Waals surface area (Å²) in [5.41, 5.74) is 1.42. The number of benzene rings is 2. The Balaban J connectivity index is 1.46. The summed E-state index contributed by atoms with van der Waals surface area (Å²) in [6.45, 7) is 2.45. The van der Waals surface area contributed by atoms with E-state index in [1.807, 2.05) is 0 Å². The van der Waals surface area contributed by atoms with E-state index in [-0.39, 0.29) is 23.0 Å². The molecule has 9 nitrogen and oxygen atoms in total. The molecule has 0 radical (unpaired) electrons. The number of aryl methyl sites for hydroxylation is 1. The Kier molecular flexibility index (Phi) is 6.75. The molecular formula is C23H25N3O6S. The van der Waals surface area contributed by atoms with E-state index in [4.69, 9.17) is 14.0 Å². The molecule has 0 spiro atoms. The molecule has 0 saturated carbocycles. The smallest absolute Gasteiger partial charge is 0.338 e. The molecular weight excluding hydrogens is 446 g/mol. The number of carbonyl (C=O) groups excluding carboxylic acids is 1. The van der Waals surface area contributed by atoms with Gasteiger partial charge < -0.3 is 14.0 Å². The molecule has 3 aromatic rings. The Labute approximate surface area is 192 Å². The molecule has 4 rings (SSSR count). The van der Waals surface area contributed by atoms with Crippen molar-refractivity contribution in [3.63, 3.8) is 0 Å². The van der Waals surface area contributed by atoms with Crippen LogP contribution in [0.5, 0.6) is 5.75 Å². The zero-order valence-electron chi connectivity index (χ0n) is 18.5. The Morgan fingerprint density at radius 1 is 1.12 bits per heavy atom. The molecule has 0 bridgehead atoms. The second-order valence-corrected chi connectivity index (χ2v) is 9.67. The van der Waals surface area contributed by atoms with Gasteiger partial charge in [0.2, 0.25) is 15.8 Å². The van der Waals surface area contributed by atoms with Crippen molar-refractivity contribution < 1.29 is 27.2 Å². The number of carbonyl (C=O) groups is 1. The number of ether oxygens (including phenoxy) is 2. The van der Waals surface area contributed by atoms with E-state index in [1.54, 1.807) is 50.4 Å². The highest BCUT2D eigenvalue weighted by Crippen LogP contribution is 2.25. The van der Waals surface area contributed by atoms with E-state index in [0.29, 0.717) is 35.8 Å². The lowest BCUT2D eigenvalue weighted by Gasteiger charge is -2.26. The summed E-state index contributed by atoms with van der Waals surface area (Å²) in [5.74, 6) is 0.436. The van der Waals surface area contributed by atoms with Crippen molar-refractivity contribution in [2.75, 3.05) is 20.2 Å². The fourth-order valence-corrected chi connectivity index (χ4v) is 5.42. The number of hydrogen-bond donors (Lipinski definition) is 0. The Bertz CT molecular complexity index is 1250. The quantitative estimate of drug-likeness (QED) is 0.481. The molecule has 1 fully saturated rings. The predicted octanol–water partition coefficient (Wildman–Crippen LogP) is 3.59. The van der Waals surface area contributed by atoms with Gasteiger partial charge in [0, 0.05) is 18.7 Å². The van der Waals surface area contributed by atoms with Crippen LogP contribution in [0.3, 0.4) is 0 Å². The molecule has 1 aromatic heterocycles.